The van der Waals surface area contributed by atoms with Crippen LogP contribution in [0.15, 0.2) is 24.3 Å². The molecule has 0 aliphatic carbocycles. The molecule has 1 aromatic rings. The van der Waals surface area contributed by atoms with Crippen molar-refractivity contribution in [2.45, 2.75) is 59.8 Å². The van der Waals surface area contributed by atoms with Gasteiger partial charge in [-0.3, -0.25) is 4.79 Å². The fourth-order valence-corrected chi connectivity index (χ4v) is 2.59. The van der Waals surface area contributed by atoms with E-state index < -0.39 is 0 Å². The van der Waals surface area contributed by atoms with Crippen LogP contribution in [0.25, 0.3) is 6.08 Å². The first kappa shape index (κ1) is 22.7. The van der Waals surface area contributed by atoms with E-state index in [1.807, 2.05) is 19.1 Å². The summed E-state index contributed by atoms with van der Waals surface area (Å²) in [6.45, 7) is 8.81. The Balaban J connectivity index is 2.73. The summed E-state index contributed by atoms with van der Waals surface area (Å²) in [5.74, 6) is 0.542. The minimum Gasteiger partial charge on any atom is -0.494 e. The molecule has 0 aromatic heterocycles. The predicted molar refractivity (Wildman–Crippen MR) is 110 cm³/mol. The fraction of sp³-hybridized carbons (Fsp3) is 0.545. The molecule has 0 spiro atoms. The molecular weight excluding hydrogens is 342 g/mol. The Kier molecular flexibility index (Phi) is 10.9. The van der Waals surface area contributed by atoms with Gasteiger partial charge < -0.3 is 14.8 Å². The third-order valence-electron chi connectivity index (χ3n) is 4.21. The Morgan fingerprint density at radius 3 is 2.59 bits per heavy atom. The normalized spacial score (nSPS) is 12.0. The van der Waals surface area contributed by atoms with Gasteiger partial charge in [-0.1, -0.05) is 40.0 Å². The summed E-state index contributed by atoms with van der Waals surface area (Å²) in [5.41, 5.74) is 1.33. The lowest BCUT2D eigenvalue weighted by Gasteiger charge is -2.13. The first-order chi connectivity index (χ1) is 13.0. The zero-order valence-electron chi connectivity index (χ0n) is 17.0. The summed E-state index contributed by atoms with van der Waals surface area (Å²) in [6.07, 6.45) is 8.34. The van der Waals surface area contributed by atoms with E-state index in [1.54, 1.807) is 12.1 Å². The van der Waals surface area contributed by atoms with Crippen LogP contribution >= 0.6 is 0 Å². The van der Waals surface area contributed by atoms with Gasteiger partial charge >= 0.3 is 5.97 Å². The second-order valence-electron chi connectivity index (χ2n) is 6.66. The zero-order chi connectivity index (χ0) is 20.1. The maximum absolute atomic E-state index is 12.0. The number of unbranched alkanes of at least 4 members (excludes halogenated alkanes) is 1. The molecule has 1 atom stereocenters. The first-order valence-corrected chi connectivity index (χ1v) is 9.89. The third kappa shape index (κ3) is 9.27. The predicted octanol–water partition coefficient (Wildman–Crippen LogP) is 5.21. The highest BCUT2D eigenvalue weighted by Crippen LogP contribution is 2.24. The topological polar surface area (TPSA) is 64.6 Å². The van der Waals surface area contributed by atoms with Crippen LogP contribution in [0.3, 0.4) is 0 Å². The summed E-state index contributed by atoms with van der Waals surface area (Å²) < 4.78 is 11.0. The number of carbonyl (C=O) groups is 2. The lowest BCUT2D eigenvalue weighted by Crippen LogP contribution is -2.12. The molecule has 5 heteroatoms. The van der Waals surface area contributed by atoms with Gasteiger partial charge in [-0.15, -0.1) is 0 Å². The van der Waals surface area contributed by atoms with Crippen LogP contribution < -0.4 is 10.1 Å². The smallest absolute Gasteiger partial charge is 0.330 e. The van der Waals surface area contributed by atoms with Crippen molar-refractivity contribution in [2.75, 3.05) is 18.5 Å². The summed E-state index contributed by atoms with van der Waals surface area (Å²) in [6, 6.07) is 5.40. The van der Waals surface area contributed by atoms with Gasteiger partial charge in [-0.25, -0.2) is 4.79 Å². The van der Waals surface area contributed by atoms with E-state index in [2.05, 4.69) is 19.2 Å². The van der Waals surface area contributed by atoms with Crippen LogP contribution in [0.1, 0.15) is 65.4 Å². The second-order valence-corrected chi connectivity index (χ2v) is 6.66. The number of hydrogen-bond acceptors (Lipinski definition) is 4. The summed E-state index contributed by atoms with van der Waals surface area (Å²) >= 11 is 0. The summed E-state index contributed by atoms with van der Waals surface area (Å²) in [4.78, 5) is 23.5. The van der Waals surface area contributed by atoms with Crippen molar-refractivity contribution in [3.63, 3.8) is 0 Å². The average molecular weight is 376 g/mol. The van der Waals surface area contributed by atoms with E-state index in [0.29, 0.717) is 30.6 Å². The number of anilines is 1. The number of benzene rings is 1. The third-order valence-corrected chi connectivity index (χ3v) is 4.21. The highest BCUT2D eigenvalue weighted by atomic mass is 16.5. The quantitative estimate of drug-likeness (QED) is 0.402. The minimum absolute atomic E-state index is 0.179. The number of hydrogen-bond donors (Lipinski definition) is 1. The fourth-order valence-electron chi connectivity index (χ4n) is 2.59. The average Bonchev–Trinajstić information content (AvgIpc) is 2.65. The molecule has 0 radical (unpaired) electrons. The van der Waals surface area contributed by atoms with Gasteiger partial charge in [-0.05, 0) is 42.5 Å². The maximum Gasteiger partial charge on any atom is 0.330 e. The van der Waals surface area contributed by atoms with Gasteiger partial charge in [0.1, 0.15) is 5.75 Å². The monoisotopic (exact) mass is 375 g/mol. The van der Waals surface area contributed by atoms with E-state index in [9.17, 15) is 9.59 Å². The van der Waals surface area contributed by atoms with Gasteiger partial charge in [0.2, 0.25) is 5.91 Å². The number of ether oxygens (including phenoxy) is 2. The first-order valence-electron chi connectivity index (χ1n) is 9.89. The Labute approximate surface area is 163 Å². The number of esters is 1. The molecule has 0 aliphatic heterocycles. The molecule has 0 saturated heterocycles. The van der Waals surface area contributed by atoms with Gasteiger partial charge in [0.15, 0.2) is 0 Å². The molecule has 0 bridgehead atoms. The number of amides is 1. The molecule has 1 unspecified atom stereocenters. The summed E-state index contributed by atoms with van der Waals surface area (Å²) in [5, 5.41) is 2.77. The lowest BCUT2D eigenvalue weighted by atomic mass is 10.0. The van der Waals surface area contributed by atoms with Gasteiger partial charge in [-0.2, -0.15) is 0 Å². The Morgan fingerprint density at radius 2 is 1.96 bits per heavy atom. The zero-order valence-corrected chi connectivity index (χ0v) is 17.0. The Morgan fingerprint density at radius 1 is 1.19 bits per heavy atom. The van der Waals surface area contributed by atoms with Gasteiger partial charge in [0.05, 0.1) is 18.9 Å². The van der Waals surface area contributed by atoms with Crippen LogP contribution in [0.5, 0.6) is 5.75 Å². The number of rotatable bonds is 12. The highest BCUT2D eigenvalue weighted by molar-refractivity contribution is 5.93. The van der Waals surface area contributed by atoms with Crippen molar-refractivity contribution in [3.8, 4) is 5.75 Å². The van der Waals surface area contributed by atoms with Crippen molar-refractivity contribution in [3.05, 3.63) is 29.8 Å². The Hall–Kier alpha value is -2.30. The summed E-state index contributed by atoms with van der Waals surface area (Å²) in [7, 11) is 0. The van der Waals surface area contributed by atoms with Crippen LogP contribution in [-0.4, -0.2) is 25.1 Å². The van der Waals surface area contributed by atoms with Crippen molar-refractivity contribution >= 4 is 23.6 Å². The van der Waals surface area contributed by atoms with E-state index in [-0.39, 0.29) is 11.9 Å². The molecule has 1 N–H and O–H groups in total. The highest BCUT2D eigenvalue weighted by Gasteiger charge is 2.09. The van der Waals surface area contributed by atoms with E-state index in [1.165, 1.54) is 13.0 Å². The number of carbonyl (C=O) groups excluding carboxylic acids is 2. The Bertz CT molecular complexity index is 625. The van der Waals surface area contributed by atoms with Crippen molar-refractivity contribution in [1.82, 2.24) is 0 Å². The molecule has 0 heterocycles. The molecule has 0 aliphatic rings. The van der Waals surface area contributed by atoms with Crippen LogP contribution in [0.4, 0.5) is 5.69 Å². The molecule has 150 valence electrons. The molecule has 0 fully saturated rings. The van der Waals surface area contributed by atoms with Crippen LogP contribution in [-0.2, 0) is 14.3 Å². The molecule has 1 aromatic carbocycles. The number of nitrogens with one attached hydrogen (secondary N) is 1. The van der Waals surface area contributed by atoms with E-state index in [0.717, 1.165) is 37.7 Å². The SMILES string of the molecule is CCCCC(CC)COC(=O)/C=C/c1ccc(OCCC)cc1NC(C)=O. The molecule has 1 rings (SSSR count). The van der Waals surface area contributed by atoms with E-state index >= 15 is 0 Å². The van der Waals surface area contributed by atoms with Gasteiger partial charge in [0.25, 0.3) is 0 Å². The maximum atomic E-state index is 12.0. The van der Waals surface area contributed by atoms with Gasteiger partial charge in [0, 0.05) is 19.1 Å². The lowest BCUT2D eigenvalue weighted by molar-refractivity contribution is -0.139. The van der Waals surface area contributed by atoms with E-state index in [4.69, 9.17) is 9.47 Å². The molecule has 0 saturated carbocycles. The van der Waals surface area contributed by atoms with Crippen LogP contribution in [0.2, 0.25) is 0 Å². The minimum atomic E-state index is -0.370. The van der Waals surface area contributed by atoms with Crippen molar-refractivity contribution < 1.29 is 19.1 Å². The molecule has 5 nitrogen and oxygen atoms in total. The molecular formula is C22H33NO4. The molecule has 27 heavy (non-hydrogen) atoms. The second kappa shape index (κ2) is 13.0. The van der Waals surface area contributed by atoms with Crippen LogP contribution in [0, 0.1) is 5.92 Å². The standard InChI is InChI=1S/C22H33NO4/c1-5-8-9-18(7-3)16-27-22(25)13-11-19-10-12-20(26-14-6-2)15-21(19)23-17(4)24/h10-13,15,18H,5-9,14,16H2,1-4H3,(H,23,24)/b13-11+. The van der Waals surface area contributed by atoms with Crippen molar-refractivity contribution in [1.29, 1.82) is 0 Å². The largest absolute Gasteiger partial charge is 0.494 e. The molecule has 1 amide bonds. The van der Waals surface area contributed by atoms with Crippen molar-refractivity contribution in [2.24, 2.45) is 5.92 Å².